The van der Waals surface area contributed by atoms with Gasteiger partial charge in [0.2, 0.25) is 0 Å². The fraction of sp³-hybridized carbons (Fsp3) is 0.409. The van der Waals surface area contributed by atoms with Crippen molar-refractivity contribution < 1.29 is 9.53 Å². The lowest BCUT2D eigenvalue weighted by atomic mass is 9.89. The summed E-state index contributed by atoms with van der Waals surface area (Å²) in [6.45, 7) is 3.15. The Morgan fingerprint density at radius 1 is 1.00 bits per heavy atom. The van der Waals surface area contributed by atoms with Crippen LogP contribution in [0.4, 0.5) is 0 Å². The summed E-state index contributed by atoms with van der Waals surface area (Å²) < 4.78 is 5.17. The predicted octanol–water partition coefficient (Wildman–Crippen LogP) is 3.76. The molecule has 0 atom stereocenters. The van der Waals surface area contributed by atoms with E-state index in [0.717, 1.165) is 50.2 Å². The van der Waals surface area contributed by atoms with Crippen molar-refractivity contribution in [2.45, 2.75) is 25.7 Å². The smallest absolute Gasteiger partial charge is 0.140 e. The van der Waals surface area contributed by atoms with Crippen LogP contribution in [0.15, 0.2) is 54.6 Å². The van der Waals surface area contributed by atoms with Crippen LogP contribution in [-0.2, 0) is 17.6 Å². The van der Waals surface area contributed by atoms with E-state index in [1.807, 2.05) is 24.3 Å². The van der Waals surface area contributed by atoms with E-state index < -0.39 is 0 Å². The minimum atomic E-state index is 0.218. The van der Waals surface area contributed by atoms with Gasteiger partial charge in [-0.2, -0.15) is 0 Å². The van der Waals surface area contributed by atoms with Crippen molar-refractivity contribution in [3.05, 3.63) is 65.7 Å². The van der Waals surface area contributed by atoms with Gasteiger partial charge >= 0.3 is 0 Å². The zero-order chi connectivity index (χ0) is 17.5. The van der Waals surface area contributed by atoms with Gasteiger partial charge in [0, 0.05) is 18.9 Å². The predicted molar refractivity (Wildman–Crippen MR) is 101 cm³/mol. The van der Waals surface area contributed by atoms with Crippen molar-refractivity contribution in [2.24, 2.45) is 5.92 Å². The minimum Gasteiger partial charge on any atom is -0.497 e. The van der Waals surface area contributed by atoms with Gasteiger partial charge in [0.15, 0.2) is 0 Å². The summed E-state index contributed by atoms with van der Waals surface area (Å²) >= 11 is 0. The quantitative estimate of drug-likeness (QED) is 0.770. The summed E-state index contributed by atoms with van der Waals surface area (Å²) in [6, 6.07) is 18.5. The van der Waals surface area contributed by atoms with Crippen molar-refractivity contribution >= 4 is 5.78 Å². The molecule has 3 rings (SSSR count). The first-order valence-electron chi connectivity index (χ1n) is 9.16. The lowest BCUT2D eigenvalue weighted by molar-refractivity contribution is -0.123. The summed E-state index contributed by atoms with van der Waals surface area (Å²) in [4.78, 5) is 15.0. The number of benzene rings is 2. The van der Waals surface area contributed by atoms with Crippen molar-refractivity contribution in [1.29, 1.82) is 0 Å². The number of ketones is 1. The molecule has 1 saturated heterocycles. The lowest BCUT2D eigenvalue weighted by Crippen LogP contribution is -2.37. The first kappa shape index (κ1) is 17.7. The van der Waals surface area contributed by atoms with Gasteiger partial charge in [-0.3, -0.25) is 4.79 Å². The molecule has 0 unspecified atom stereocenters. The second-order valence-corrected chi connectivity index (χ2v) is 6.84. The Morgan fingerprint density at radius 2 is 1.68 bits per heavy atom. The van der Waals surface area contributed by atoms with Crippen LogP contribution in [0, 0.1) is 5.92 Å². The zero-order valence-corrected chi connectivity index (χ0v) is 15.0. The van der Waals surface area contributed by atoms with Crippen LogP contribution in [0.25, 0.3) is 0 Å². The average Bonchev–Trinajstić information content (AvgIpc) is 2.68. The SMILES string of the molecule is COc1ccc(CC(=O)C2CCN(CCc3ccccc3)CC2)cc1. The van der Waals surface area contributed by atoms with E-state index in [4.69, 9.17) is 4.74 Å². The molecule has 132 valence electrons. The standard InChI is InChI=1S/C22H27NO2/c1-25-21-9-7-19(8-10-21)17-22(24)20-12-15-23(16-13-20)14-11-18-5-3-2-4-6-18/h2-10,20H,11-17H2,1H3. The highest BCUT2D eigenvalue weighted by molar-refractivity contribution is 5.83. The van der Waals surface area contributed by atoms with E-state index in [1.165, 1.54) is 5.56 Å². The summed E-state index contributed by atoms with van der Waals surface area (Å²) in [5.74, 6) is 1.44. The summed E-state index contributed by atoms with van der Waals surface area (Å²) in [5.41, 5.74) is 2.47. The van der Waals surface area contributed by atoms with E-state index in [9.17, 15) is 4.79 Å². The van der Waals surface area contributed by atoms with Crippen LogP contribution >= 0.6 is 0 Å². The van der Waals surface area contributed by atoms with Crippen LogP contribution in [-0.4, -0.2) is 37.4 Å². The molecule has 1 fully saturated rings. The van der Waals surface area contributed by atoms with Gasteiger partial charge in [-0.15, -0.1) is 0 Å². The maximum absolute atomic E-state index is 12.6. The number of carbonyl (C=O) groups excluding carboxylic acids is 1. The molecule has 0 radical (unpaired) electrons. The Bertz CT molecular complexity index is 658. The summed E-state index contributed by atoms with van der Waals surface area (Å²) in [5, 5.41) is 0. The van der Waals surface area contributed by atoms with Crippen molar-refractivity contribution in [1.82, 2.24) is 4.90 Å². The van der Waals surface area contributed by atoms with E-state index in [-0.39, 0.29) is 5.92 Å². The Kier molecular flexibility index (Phi) is 6.24. The molecular weight excluding hydrogens is 310 g/mol. The number of methoxy groups -OCH3 is 1. The fourth-order valence-corrected chi connectivity index (χ4v) is 3.50. The third-order valence-corrected chi connectivity index (χ3v) is 5.14. The Hall–Kier alpha value is -2.13. The van der Waals surface area contributed by atoms with Gasteiger partial charge in [-0.25, -0.2) is 0 Å². The van der Waals surface area contributed by atoms with Crippen molar-refractivity contribution in [3.8, 4) is 5.75 Å². The molecule has 0 aliphatic carbocycles. The van der Waals surface area contributed by atoms with Crippen LogP contribution < -0.4 is 4.74 Å². The van der Waals surface area contributed by atoms with E-state index in [1.54, 1.807) is 7.11 Å². The molecule has 3 nitrogen and oxygen atoms in total. The summed E-state index contributed by atoms with van der Waals surface area (Å²) in [7, 11) is 1.66. The van der Waals surface area contributed by atoms with Crippen molar-refractivity contribution in [2.75, 3.05) is 26.7 Å². The number of nitrogens with zero attached hydrogens (tertiary/aromatic N) is 1. The Balaban J connectivity index is 1.42. The normalized spacial score (nSPS) is 15.9. The van der Waals surface area contributed by atoms with Gasteiger partial charge in [-0.1, -0.05) is 42.5 Å². The number of carbonyl (C=O) groups is 1. The second kappa shape index (κ2) is 8.82. The number of Topliss-reactive ketones (excluding diaryl/α,β-unsaturated/α-hetero) is 1. The average molecular weight is 337 g/mol. The second-order valence-electron chi connectivity index (χ2n) is 6.84. The first-order valence-corrected chi connectivity index (χ1v) is 9.16. The Morgan fingerprint density at radius 3 is 2.32 bits per heavy atom. The molecule has 0 saturated carbocycles. The van der Waals surface area contributed by atoms with E-state index in [2.05, 4.69) is 35.2 Å². The van der Waals surface area contributed by atoms with Crippen LogP contribution in [0.5, 0.6) is 5.75 Å². The topological polar surface area (TPSA) is 29.5 Å². The van der Waals surface area contributed by atoms with Crippen LogP contribution in [0.2, 0.25) is 0 Å². The molecule has 1 aliphatic heterocycles. The molecule has 0 N–H and O–H groups in total. The number of likely N-dealkylation sites (tertiary alicyclic amines) is 1. The highest BCUT2D eigenvalue weighted by Gasteiger charge is 2.24. The Labute approximate surface area is 150 Å². The lowest BCUT2D eigenvalue weighted by Gasteiger charge is -2.31. The van der Waals surface area contributed by atoms with E-state index in [0.29, 0.717) is 12.2 Å². The molecule has 2 aromatic carbocycles. The van der Waals surface area contributed by atoms with Gasteiger partial charge < -0.3 is 9.64 Å². The van der Waals surface area contributed by atoms with Gasteiger partial charge in [0.25, 0.3) is 0 Å². The maximum Gasteiger partial charge on any atom is 0.140 e. The molecule has 0 amide bonds. The van der Waals surface area contributed by atoms with E-state index >= 15 is 0 Å². The first-order chi connectivity index (χ1) is 12.2. The molecule has 1 heterocycles. The largest absolute Gasteiger partial charge is 0.497 e. The molecule has 1 aliphatic rings. The highest BCUT2D eigenvalue weighted by Crippen LogP contribution is 2.21. The minimum absolute atomic E-state index is 0.218. The van der Waals surface area contributed by atoms with Crippen LogP contribution in [0.1, 0.15) is 24.0 Å². The molecule has 0 aromatic heterocycles. The van der Waals surface area contributed by atoms with Crippen LogP contribution in [0.3, 0.4) is 0 Å². The monoisotopic (exact) mass is 337 g/mol. The number of hydrogen-bond donors (Lipinski definition) is 0. The zero-order valence-electron chi connectivity index (χ0n) is 15.0. The molecule has 0 bridgehead atoms. The van der Waals surface area contributed by atoms with Crippen molar-refractivity contribution in [3.63, 3.8) is 0 Å². The highest BCUT2D eigenvalue weighted by atomic mass is 16.5. The van der Waals surface area contributed by atoms with Gasteiger partial charge in [-0.05, 0) is 55.6 Å². The van der Waals surface area contributed by atoms with Gasteiger partial charge in [0.05, 0.1) is 7.11 Å². The molecular formula is C22H27NO2. The summed E-state index contributed by atoms with van der Waals surface area (Å²) in [6.07, 6.45) is 3.61. The molecule has 0 spiro atoms. The maximum atomic E-state index is 12.6. The molecule has 3 heteroatoms. The number of hydrogen-bond acceptors (Lipinski definition) is 3. The fourth-order valence-electron chi connectivity index (χ4n) is 3.50. The number of rotatable bonds is 7. The number of ether oxygens (including phenoxy) is 1. The molecule has 2 aromatic rings. The molecule has 25 heavy (non-hydrogen) atoms. The number of piperidine rings is 1. The third-order valence-electron chi connectivity index (χ3n) is 5.14. The third kappa shape index (κ3) is 5.17. The van der Waals surface area contributed by atoms with Gasteiger partial charge in [0.1, 0.15) is 11.5 Å².